The van der Waals surface area contributed by atoms with Crippen molar-refractivity contribution in [1.29, 1.82) is 0 Å². The summed E-state index contributed by atoms with van der Waals surface area (Å²) in [6.07, 6.45) is 11.6. The molecule has 234 valence electrons. The maximum atomic E-state index is 4.06. The van der Waals surface area contributed by atoms with Gasteiger partial charge < -0.3 is 14.5 Å². The van der Waals surface area contributed by atoms with Crippen molar-refractivity contribution >= 4 is 86.5 Å². The topological polar surface area (TPSA) is 21.9 Å². The summed E-state index contributed by atoms with van der Waals surface area (Å²) in [7, 11) is 0. The minimum Gasteiger partial charge on any atom is -0.375 e. The van der Waals surface area contributed by atoms with E-state index in [0.717, 1.165) is 0 Å². The maximum Gasteiger partial charge on any atom is 0.0742 e. The van der Waals surface area contributed by atoms with Crippen molar-refractivity contribution in [3.05, 3.63) is 175 Å². The van der Waals surface area contributed by atoms with Crippen LogP contribution < -0.4 is 5.32 Å². The van der Waals surface area contributed by atoms with Crippen LogP contribution in [0, 0.1) is 5.41 Å². The van der Waals surface area contributed by atoms with Crippen molar-refractivity contribution in [2.45, 2.75) is 6.04 Å². The van der Waals surface area contributed by atoms with Crippen LogP contribution in [0.2, 0.25) is 0 Å². The fraction of sp³-hybridized carbons (Fsp3) is 0.0435. The molecule has 50 heavy (non-hydrogen) atoms. The van der Waals surface area contributed by atoms with Gasteiger partial charge in [0, 0.05) is 47.4 Å². The minimum atomic E-state index is -0.126. The van der Waals surface area contributed by atoms with Gasteiger partial charge in [-0.2, -0.15) is 0 Å². The standard InChI is InChI=1S/C46H29N3S/c1-3-15-28(16-4-1)41-42(33-27-46(33)26-14-13-25-37(46)47-41)49-35-23-11-8-20-31(35)39-44(49)38-30-19-7-10-22-34(30)48(29-17-5-2-6-18-29)43(38)40-32-21-9-12-24-36(32)50-45(39)40/h1-27,37,47H. The first-order valence-electron chi connectivity index (χ1n) is 17.3. The quantitative estimate of drug-likeness (QED) is 0.201. The second-order valence-corrected chi connectivity index (χ2v) is 14.8. The first kappa shape index (κ1) is 26.8. The van der Waals surface area contributed by atoms with E-state index in [0.29, 0.717) is 0 Å². The zero-order chi connectivity index (χ0) is 32.6. The highest BCUT2D eigenvalue weighted by Gasteiger charge is 2.54. The molecule has 1 N–H and O–H groups in total. The highest BCUT2D eigenvalue weighted by Crippen LogP contribution is 2.61. The fourth-order valence-corrected chi connectivity index (χ4v) is 10.3. The Labute approximate surface area is 292 Å². The van der Waals surface area contributed by atoms with Gasteiger partial charge in [-0.25, -0.2) is 0 Å². The zero-order valence-electron chi connectivity index (χ0n) is 27.0. The molecule has 0 saturated carbocycles. The van der Waals surface area contributed by atoms with Crippen LogP contribution in [0.5, 0.6) is 0 Å². The Balaban J connectivity index is 1.37. The molecule has 2 unspecified atom stereocenters. The lowest BCUT2D eigenvalue weighted by atomic mass is 9.82. The molecule has 3 aliphatic rings. The van der Waals surface area contributed by atoms with Crippen molar-refractivity contribution < 1.29 is 0 Å². The highest BCUT2D eigenvalue weighted by molar-refractivity contribution is 7.27. The Bertz CT molecular complexity index is 3060. The number of hydrogen-bond donors (Lipinski definition) is 1. The Morgan fingerprint density at radius 1 is 0.580 bits per heavy atom. The molecule has 4 heteroatoms. The van der Waals surface area contributed by atoms with Crippen LogP contribution in [0.15, 0.2) is 169 Å². The van der Waals surface area contributed by atoms with E-state index in [9.17, 15) is 0 Å². The predicted molar refractivity (Wildman–Crippen MR) is 212 cm³/mol. The highest BCUT2D eigenvalue weighted by atomic mass is 32.1. The van der Waals surface area contributed by atoms with Crippen molar-refractivity contribution in [3.63, 3.8) is 0 Å². The molecule has 1 spiro atoms. The van der Waals surface area contributed by atoms with E-state index in [4.69, 9.17) is 0 Å². The first-order valence-corrected chi connectivity index (χ1v) is 18.1. The Morgan fingerprint density at radius 2 is 1.20 bits per heavy atom. The van der Waals surface area contributed by atoms with Gasteiger partial charge >= 0.3 is 0 Å². The number of aromatic nitrogens is 2. The van der Waals surface area contributed by atoms with Gasteiger partial charge in [0.15, 0.2) is 0 Å². The molecule has 1 aliphatic heterocycles. The summed E-state index contributed by atoms with van der Waals surface area (Å²) in [5.41, 5.74) is 11.0. The number of hydrogen-bond acceptors (Lipinski definition) is 2. The van der Waals surface area contributed by atoms with E-state index in [-0.39, 0.29) is 11.5 Å². The summed E-state index contributed by atoms with van der Waals surface area (Å²) < 4.78 is 7.79. The molecule has 2 aliphatic carbocycles. The van der Waals surface area contributed by atoms with E-state index in [2.05, 4.69) is 178 Å². The van der Waals surface area contributed by atoms with Crippen LogP contribution in [-0.4, -0.2) is 15.2 Å². The Kier molecular flexibility index (Phi) is 5.11. The summed E-state index contributed by atoms with van der Waals surface area (Å²) in [4.78, 5) is 0. The second kappa shape index (κ2) is 9.53. The molecule has 0 radical (unpaired) electrons. The van der Waals surface area contributed by atoms with Gasteiger partial charge in [0.1, 0.15) is 0 Å². The summed E-state index contributed by atoms with van der Waals surface area (Å²) in [6.45, 7) is 0. The van der Waals surface area contributed by atoms with Crippen LogP contribution in [0.1, 0.15) is 5.56 Å². The number of thiophene rings is 1. The lowest BCUT2D eigenvalue weighted by Crippen LogP contribution is -2.41. The van der Waals surface area contributed by atoms with Crippen molar-refractivity contribution in [3.8, 4) is 5.69 Å². The zero-order valence-corrected chi connectivity index (χ0v) is 27.8. The summed E-state index contributed by atoms with van der Waals surface area (Å²) in [5, 5.41) is 11.9. The lowest BCUT2D eigenvalue weighted by Gasteiger charge is -2.36. The van der Waals surface area contributed by atoms with Gasteiger partial charge in [-0.15, -0.1) is 11.3 Å². The number of nitrogens with zero attached hydrogens (tertiary/aromatic N) is 2. The van der Waals surface area contributed by atoms with Crippen LogP contribution in [-0.2, 0) is 0 Å². The molecule has 12 rings (SSSR count). The van der Waals surface area contributed by atoms with E-state index in [1.807, 2.05) is 11.3 Å². The maximum absolute atomic E-state index is 4.06. The molecule has 6 aromatic carbocycles. The van der Waals surface area contributed by atoms with Gasteiger partial charge in [0.05, 0.1) is 44.9 Å². The SMILES string of the molecule is C1=CC2NC(c3ccccc3)=C(n3c4ccccc4c4c5sc6ccccc6c5c5c(c6ccccc6n5-c5ccccc5)c43)C3=CC32C=C1. The molecule has 0 fully saturated rings. The van der Waals surface area contributed by atoms with Crippen molar-refractivity contribution in [1.82, 2.24) is 14.5 Å². The van der Waals surface area contributed by atoms with Gasteiger partial charge in [-0.1, -0.05) is 134 Å². The van der Waals surface area contributed by atoms with Crippen molar-refractivity contribution in [2.24, 2.45) is 5.41 Å². The number of para-hydroxylation sites is 3. The molecule has 9 aromatic rings. The first-order chi connectivity index (χ1) is 24.8. The molecule has 3 nitrogen and oxygen atoms in total. The number of fused-ring (bicyclic) bond motifs is 12. The normalized spacial score (nSPS) is 19.5. The third-order valence-corrected chi connectivity index (χ3v) is 12.4. The van der Waals surface area contributed by atoms with Gasteiger partial charge in [-0.05, 0) is 41.5 Å². The smallest absolute Gasteiger partial charge is 0.0742 e. The largest absolute Gasteiger partial charge is 0.375 e. The van der Waals surface area contributed by atoms with Crippen LogP contribution in [0.3, 0.4) is 0 Å². The second-order valence-electron chi connectivity index (χ2n) is 13.7. The van der Waals surface area contributed by atoms with Crippen molar-refractivity contribution in [2.75, 3.05) is 0 Å². The average Bonchev–Trinajstić information content (AvgIpc) is 3.44. The molecule has 2 atom stereocenters. The molecular formula is C46H29N3S. The summed E-state index contributed by atoms with van der Waals surface area (Å²) in [6, 6.07) is 49.0. The van der Waals surface area contributed by atoms with Crippen LogP contribution >= 0.6 is 11.3 Å². The summed E-state index contributed by atoms with van der Waals surface area (Å²) >= 11 is 1.93. The van der Waals surface area contributed by atoms with E-state index < -0.39 is 0 Å². The molecule has 4 heterocycles. The lowest BCUT2D eigenvalue weighted by molar-refractivity contribution is 0.534. The van der Waals surface area contributed by atoms with Gasteiger partial charge in [-0.3, -0.25) is 0 Å². The Morgan fingerprint density at radius 3 is 2.00 bits per heavy atom. The van der Waals surface area contributed by atoms with E-state index >= 15 is 0 Å². The molecule has 0 saturated heterocycles. The Hall–Kier alpha value is -6.10. The molecule has 0 amide bonds. The minimum absolute atomic E-state index is 0.126. The van der Waals surface area contributed by atoms with E-state index in [1.54, 1.807) is 0 Å². The van der Waals surface area contributed by atoms with Gasteiger partial charge in [0.25, 0.3) is 0 Å². The number of allylic oxidation sites excluding steroid dienone is 3. The predicted octanol–water partition coefficient (Wildman–Crippen LogP) is 11.6. The van der Waals surface area contributed by atoms with Crippen LogP contribution in [0.25, 0.3) is 80.9 Å². The summed E-state index contributed by atoms with van der Waals surface area (Å²) in [5.74, 6) is 0. The third kappa shape index (κ3) is 3.29. The number of benzene rings is 6. The molecule has 0 bridgehead atoms. The molecule has 3 aromatic heterocycles. The fourth-order valence-electron chi connectivity index (χ4n) is 9.06. The third-order valence-electron chi connectivity index (χ3n) is 11.2. The number of nitrogens with one attached hydrogen (secondary N) is 1. The monoisotopic (exact) mass is 655 g/mol. The van der Waals surface area contributed by atoms with Crippen LogP contribution in [0.4, 0.5) is 0 Å². The van der Waals surface area contributed by atoms with E-state index in [1.165, 1.54) is 92.0 Å². The average molecular weight is 656 g/mol. The van der Waals surface area contributed by atoms with Gasteiger partial charge in [0.2, 0.25) is 0 Å². The number of rotatable bonds is 3. The molecular weight excluding hydrogens is 627 g/mol.